The number of carbonyl (C=O) groups is 2. The van der Waals surface area contributed by atoms with E-state index in [0.29, 0.717) is 32.5 Å². The van der Waals surface area contributed by atoms with E-state index in [1.165, 1.54) is 5.69 Å². The molecule has 0 saturated carbocycles. The van der Waals surface area contributed by atoms with Gasteiger partial charge in [0, 0.05) is 58.6 Å². The molecule has 1 unspecified atom stereocenters. The Hall–Kier alpha value is -2.57. The highest BCUT2D eigenvalue weighted by atomic mass is 16.3. The van der Waals surface area contributed by atoms with Gasteiger partial charge in [-0.1, -0.05) is 0 Å². The minimum Gasteiger partial charge on any atom is -0.469 e. The van der Waals surface area contributed by atoms with Crippen LogP contribution in [0, 0.1) is 0 Å². The third kappa shape index (κ3) is 2.62. The molecule has 1 saturated heterocycles. The molecule has 4 heterocycles. The molecule has 138 valence electrons. The second kappa shape index (κ2) is 6.30. The quantitative estimate of drug-likeness (QED) is 0.835. The lowest BCUT2D eigenvalue weighted by atomic mass is 9.86. The Labute approximate surface area is 152 Å². The third-order valence-corrected chi connectivity index (χ3v) is 5.73. The Balaban J connectivity index is 1.55. The summed E-state index contributed by atoms with van der Waals surface area (Å²) in [5.74, 6) is 0.971. The third-order valence-electron chi connectivity index (χ3n) is 5.73. The molecule has 2 aromatic rings. The van der Waals surface area contributed by atoms with Gasteiger partial charge in [0.25, 0.3) is 0 Å². The van der Waals surface area contributed by atoms with E-state index in [1.54, 1.807) is 13.2 Å². The van der Waals surface area contributed by atoms with Crippen LogP contribution < -0.4 is 0 Å². The fourth-order valence-electron chi connectivity index (χ4n) is 4.42. The summed E-state index contributed by atoms with van der Waals surface area (Å²) < 4.78 is 7.36. The normalized spacial score (nSPS) is 22.1. The van der Waals surface area contributed by atoms with Gasteiger partial charge in [-0.3, -0.25) is 9.59 Å². The van der Waals surface area contributed by atoms with Crippen LogP contribution >= 0.6 is 0 Å². The molecule has 26 heavy (non-hydrogen) atoms. The van der Waals surface area contributed by atoms with Gasteiger partial charge in [0.2, 0.25) is 11.8 Å². The highest BCUT2D eigenvalue weighted by molar-refractivity contribution is 5.78. The van der Waals surface area contributed by atoms with Crippen LogP contribution in [0.1, 0.15) is 36.9 Å². The van der Waals surface area contributed by atoms with Crippen molar-refractivity contribution in [1.29, 1.82) is 0 Å². The first-order valence-electron chi connectivity index (χ1n) is 9.10. The van der Waals surface area contributed by atoms with E-state index in [2.05, 4.69) is 4.98 Å². The fraction of sp³-hybridized carbons (Fsp3) is 0.526. The summed E-state index contributed by atoms with van der Waals surface area (Å²) in [4.78, 5) is 33.4. The van der Waals surface area contributed by atoms with E-state index in [1.807, 2.05) is 39.9 Å². The van der Waals surface area contributed by atoms with Gasteiger partial charge in [-0.05, 0) is 18.6 Å². The molecular weight excluding hydrogens is 332 g/mol. The Bertz CT molecular complexity index is 826. The molecule has 0 bridgehead atoms. The minimum absolute atomic E-state index is 0.0474. The average molecular weight is 356 g/mol. The zero-order valence-corrected chi connectivity index (χ0v) is 15.3. The van der Waals surface area contributed by atoms with Gasteiger partial charge < -0.3 is 18.8 Å². The first-order chi connectivity index (χ1) is 12.5. The monoisotopic (exact) mass is 356 g/mol. The summed E-state index contributed by atoms with van der Waals surface area (Å²) in [6, 6.07) is 3.72. The Morgan fingerprint density at radius 2 is 2.19 bits per heavy atom. The minimum atomic E-state index is -0.485. The smallest absolute Gasteiger partial charge is 0.223 e. The zero-order valence-electron chi connectivity index (χ0n) is 15.3. The number of aromatic nitrogens is 2. The van der Waals surface area contributed by atoms with Crippen LogP contribution in [0.15, 0.2) is 29.1 Å². The topological polar surface area (TPSA) is 71.6 Å². The first-order valence-corrected chi connectivity index (χ1v) is 9.10. The van der Waals surface area contributed by atoms with E-state index in [4.69, 9.17) is 4.42 Å². The SMILES string of the molecule is CC(=O)N1CCc2c(ncn2C)C12CCN(C(=O)CCc1ccco1)C2. The average Bonchev–Trinajstić information content (AvgIpc) is 3.34. The Morgan fingerprint density at radius 3 is 2.92 bits per heavy atom. The van der Waals surface area contributed by atoms with Gasteiger partial charge >= 0.3 is 0 Å². The van der Waals surface area contributed by atoms with E-state index >= 15 is 0 Å². The van der Waals surface area contributed by atoms with Crippen molar-refractivity contribution in [3.8, 4) is 0 Å². The van der Waals surface area contributed by atoms with Crippen molar-refractivity contribution in [3.05, 3.63) is 41.9 Å². The van der Waals surface area contributed by atoms with Crippen LogP contribution in [0.4, 0.5) is 0 Å². The molecule has 0 N–H and O–H groups in total. The maximum atomic E-state index is 12.7. The molecule has 0 aliphatic carbocycles. The molecule has 2 aromatic heterocycles. The predicted octanol–water partition coefficient (Wildman–Crippen LogP) is 1.48. The molecule has 7 heteroatoms. The van der Waals surface area contributed by atoms with Crippen molar-refractivity contribution >= 4 is 11.8 Å². The summed E-state index contributed by atoms with van der Waals surface area (Å²) in [6.07, 6.45) is 6.00. The van der Waals surface area contributed by atoms with Crippen LogP contribution in [0.3, 0.4) is 0 Å². The number of furan rings is 1. The van der Waals surface area contributed by atoms with Crippen molar-refractivity contribution in [2.45, 2.75) is 38.1 Å². The number of rotatable bonds is 3. The number of hydrogen-bond acceptors (Lipinski definition) is 4. The summed E-state index contributed by atoms with van der Waals surface area (Å²) in [5.41, 5.74) is 1.65. The van der Waals surface area contributed by atoms with Gasteiger partial charge in [0.05, 0.1) is 18.3 Å². The van der Waals surface area contributed by atoms with Crippen LogP contribution in [-0.4, -0.2) is 50.8 Å². The first kappa shape index (κ1) is 16.9. The van der Waals surface area contributed by atoms with E-state index in [-0.39, 0.29) is 11.8 Å². The lowest BCUT2D eigenvalue weighted by Crippen LogP contribution is -2.54. The molecule has 7 nitrogen and oxygen atoms in total. The molecule has 4 rings (SSSR count). The Kier molecular flexibility index (Phi) is 4.09. The Morgan fingerprint density at radius 1 is 1.35 bits per heavy atom. The van der Waals surface area contributed by atoms with Gasteiger partial charge in [0.1, 0.15) is 11.3 Å². The van der Waals surface area contributed by atoms with Crippen molar-refractivity contribution in [2.24, 2.45) is 7.05 Å². The van der Waals surface area contributed by atoms with Crippen molar-refractivity contribution in [3.63, 3.8) is 0 Å². The van der Waals surface area contributed by atoms with Gasteiger partial charge in [0.15, 0.2) is 0 Å². The number of likely N-dealkylation sites (tertiary alicyclic amines) is 1. The lowest BCUT2D eigenvalue weighted by molar-refractivity contribution is -0.138. The van der Waals surface area contributed by atoms with Crippen LogP contribution in [-0.2, 0) is 35.0 Å². The number of nitrogens with zero attached hydrogens (tertiary/aromatic N) is 4. The molecule has 1 atom stereocenters. The van der Waals surface area contributed by atoms with E-state index < -0.39 is 5.54 Å². The summed E-state index contributed by atoms with van der Waals surface area (Å²) in [6.45, 7) is 3.46. The van der Waals surface area contributed by atoms with Gasteiger partial charge in [-0.25, -0.2) is 4.98 Å². The largest absolute Gasteiger partial charge is 0.469 e. The van der Waals surface area contributed by atoms with Gasteiger partial charge in [-0.2, -0.15) is 0 Å². The molecule has 2 aliphatic rings. The number of aryl methyl sites for hydroxylation is 2. The molecular formula is C19H24N4O3. The van der Waals surface area contributed by atoms with Crippen molar-refractivity contribution < 1.29 is 14.0 Å². The van der Waals surface area contributed by atoms with Crippen molar-refractivity contribution in [1.82, 2.24) is 19.4 Å². The second-order valence-electron chi connectivity index (χ2n) is 7.25. The molecule has 1 spiro atoms. The highest BCUT2D eigenvalue weighted by Crippen LogP contribution is 2.42. The summed E-state index contributed by atoms with van der Waals surface area (Å²) in [5, 5.41) is 0. The van der Waals surface area contributed by atoms with Crippen LogP contribution in [0.25, 0.3) is 0 Å². The number of imidazole rings is 1. The van der Waals surface area contributed by atoms with Gasteiger partial charge in [-0.15, -0.1) is 0 Å². The maximum absolute atomic E-state index is 12.7. The number of carbonyl (C=O) groups excluding carboxylic acids is 2. The zero-order chi connectivity index (χ0) is 18.3. The number of hydrogen-bond donors (Lipinski definition) is 0. The van der Waals surface area contributed by atoms with Crippen LogP contribution in [0.5, 0.6) is 0 Å². The highest BCUT2D eigenvalue weighted by Gasteiger charge is 2.51. The van der Waals surface area contributed by atoms with Crippen LogP contribution in [0.2, 0.25) is 0 Å². The van der Waals surface area contributed by atoms with E-state index in [9.17, 15) is 9.59 Å². The number of fused-ring (bicyclic) bond motifs is 2. The second-order valence-corrected chi connectivity index (χ2v) is 7.25. The molecule has 2 amide bonds. The predicted molar refractivity (Wildman–Crippen MR) is 94.2 cm³/mol. The molecule has 0 aromatic carbocycles. The molecule has 0 radical (unpaired) electrons. The standard InChI is InChI=1S/C19H24N4O3/c1-14(24)23-9-7-16-18(20-13-21(16)2)19(23)8-10-22(12-19)17(25)6-5-15-4-3-11-26-15/h3-4,11,13H,5-10,12H2,1-2H3. The van der Waals surface area contributed by atoms with Crippen molar-refractivity contribution in [2.75, 3.05) is 19.6 Å². The summed E-state index contributed by atoms with van der Waals surface area (Å²) >= 11 is 0. The maximum Gasteiger partial charge on any atom is 0.223 e. The molecule has 2 aliphatic heterocycles. The fourth-order valence-corrected chi connectivity index (χ4v) is 4.42. The van der Waals surface area contributed by atoms with E-state index in [0.717, 1.165) is 24.3 Å². The number of amides is 2. The lowest BCUT2D eigenvalue weighted by Gasteiger charge is -2.43. The molecule has 1 fully saturated rings. The summed E-state index contributed by atoms with van der Waals surface area (Å²) in [7, 11) is 1.99.